The number of nitrogens with zero attached hydrogens (tertiary/aromatic N) is 1. The van der Waals surface area contributed by atoms with Gasteiger partial charge in [-0.05, 0) is 31.0 Å². The van der Waals surface area contributed by atoms with Gasteiger partial charge in [-0.25, -0.2) is 0 Å². The summed E-state index contributed by atoms with van der Waals surface area (Å²) < 4.78 is 37.8. The molecule has 1 heterocycles. The molecule has 17 heavy (non-hydrogen) atoms. The summed E-state index contributed by atoms with van der Waals surface area (Å²) in [5.74, 6) is 0.396. The van der Waals surface area contributed by atoms with Crippen molar-refractivity contribution in [3.63, 3.8) is 0 Å². The monoisotopic (exact) mass is 242 g/mol. The first-order chi connectivity index (χ1) is 7.89. The third-order valence-corrected chi connectivity index (χ3v) is 2.95. The fourth-order valence-corrected chi connectivity index (χ4v) is 2.02. The van der Waals surface area contributed by atoms with Crippen molar-refractivity contribution in [1.29, 1.82) is 5.41 Å². The molecule has 1 fully saturated rings. The first-order valence-electron chi connectivity index (χ1n) is 5.42. The molecule has 0 amide bonds. The van der Waals surface area contributed by atoms with Crippen LogP contribution in [0.1, 0.15) is 24.0 Å². The summed E-state index contributed by atoms with van der Waals surface area (Å²) >= 11 is 0. The topological polar surface area (TPSA) is 27.1 Å². The lowest BCUT2D eigenvalue weighted by Gasteiger charge is -2.21. The first kappa shape index (κ1) is 12.0. The van der Waals surface area contributed by atoms with Crippen molar-refractivity contribution in [2.45, 2.75) is 25.9 Å². The van der Waals surface area contributed by atoms with E-state index in [1.165, 1.54) is 6.07 Å². The maximum absolute atomic E-state index is 12.6. The average Bonchev–Trinajstić information content (AvgIpc) is 2.63. The number of halogens is 3. The van der Waals surface area contributed by atoms with Crippen molar-refractivity contribution in [3.8, 4) is 0 Å². The molecule has 92 valence electrons. The number of amidine groups is 1. The predicted octanol–water partition coefficient (Wildman–Crippen LogP) is 3.59. The predicted molar refractivity (Wildman–Crippen MR) is 60.5 cm³/mol. The number of aryl methyl sites for hydroxylation is 1. The smallest absolute Gasteiger partial charge is 0.330 e. The van der Waals surface area contributed by atoms with E-state index < -0.39 is 11.7 Å². The minimum absolute atomic E-state index is 0.396. The number of nitrogens with one attached hydrogen (secondary N) is 1. The quantitative estimate of drug-likeness (QED) is 0.800. The Morgan fingerprint density at radius 1 is 1.29 bits per heavy atom. The Kier molecular flexibility index (Phi) is 2.85. The molecule has 0 aromatic heterocycles. The Morgan fingerprint density at radius 2 is 2.00 bits per heavy atom. The number of alkyl halides is 3. The fraction of sp³-hybridized carbons (Fsp3) is 0.417. The lowest BCUT2D eigenvalue weighted by Crippen LogP contribution is -2.24. The van der Waals surface area contributed by atoms with Crippen LogP contribution in [-0.4, -0.2) is 12.4 Å². The van der Waals surface area contributed by atoms with Gasteiger partial charge in [0.25, 0.3) is 0 Å². The molecular formula is C12H13F3N2. The van der Waals surface area contributed by atoms with Crippen LogP contribution in [0, 0.1) is 12.3 Å². The molecule has 1 N–H and O–H groups in total. The Hall–Kier alpha value is -1.52. The Balaban J connectivity index is 2.42. The second-order valence-electron chi connectivity index (χ2n) is 4.20. The summed E-state index contributed by atoms with van der Waals surface area (Å²) in [6.07, 6.45) is -2.87. The van der Waals surface area contributed by atoms with Gasteiger partial charge in [0.2, 0.25) is 0 Å². The highest BCUT2D eigenvalue weighted by atomic mass is 19.4. The van der Waals surface area contributed by atoms with Crippen LogP contribution in [0.5, 0.6) is 0 Å². The number of anilines is 1. The van der Waals surface area contributed by atoms with Gasteiger partial charge in [-0.3, -0.25) is 5.41 Å². The molecule has 0 aliphatic carbocycles. The summed E-state index contributed by atoms with van der Waals surface area (Å²) in [6, 6.07) is 3.68. The third kappa shape index (κ3) is 2.28. The van der Waals surface area contributed by atoms with E-state index in [-0.39, 0.29) is 0 Å². The van der Waals surface area contributed by atoms with Gasteiger partial charge in [-0.15, -0.1) is 0 Å². The van der Waals surface area contributed by atoms with Crippen LogP contribution in [-0.2, 0) is 6.18 Å². The molecule has 2 nitrogen and oxygen atoms in total. The summed E-state index contributed by atoms with van der Waals surface area (Å²) in [6.45, 7) is 2.39. The summed E-state index contributed by atoms with van der Waals surface area (Å²) in [5, 5.41) is 7.71. The largest absolute Gasteiger partial charge is 0.416 e. The zero-order valence-electron chi connectivity index (χ0n) is 9.43. The molecule has 0 bridgehead atoms. The van der Waals surface area contributed by atoms with Gasteiger partial charge in [0.1, 0.15) is 5.84 Å². The van der Waals surface area contributed by atoms with Crippen LogP contribution in [0.15, 0.2) is 18.2 Å². The molecule has 1 aromatic rings. The molecule has 0 radical (unpaired) electrons. The SMILES string of the molecule is Cc1ccc(C(F)(F)F)cc1N1CCCC1=N. The number of benzene rings is 1. The number of hydrogen-bond acceptors (Lipinski definition) is 1. The summed E-state index contributed by atoms with van der Waals surface area (Å²) in [4.78, 5) is 1.66. The Labute approximate surface area is 97.6 Å². The molecule has 0 atom stereocenters. The van der Waals surface area contributed by atoms with Crippen molar-refractivity contribution >= 4 is 11.5 Å². The molecule has 5 heteroatoms. The Bertz CT molecular complexity index is 452. The van der Waals surface area contributed by atoms with Crippen LogP contribution in [0.3, 0.4) is 0 Å². The molecule has 1 aromatic carbocycles. The van der Waals surface area contributed by atoms with Crippen molar-refractivity contribution in [2.75, 3.05) is 11.4 Å². The van der Waals surface area contributed by atoms with Gasteiger partial charge in [-0.1, -0.05) is 6.07 Å². The second-order valence-corrected chi connectivity index (χ2v) is 4.20. The van der Waals surface area contributed by atoms with E-state index in [1.54, 1.807) is 11.8 Å². The van der Waals surface area contributed by atoms with Gasteiger partial charge in [-0.2, -0.15) is 13.2 Å². The van der Waals surface area contributed by atoms with Crippen LogP contribution < -0.4 is 4.90 Å². The van der Waals surface area contributed by atoms with Crippen molar-refractivity contribution in [2.24, 2.45) is 0 Å². The molecule has 0 unspecified atom stereocenters. The highest BCUT2D eigenvalue weighted by Gasteiger charge is 2.32. The second kappa shape index (κ2) is 4.05. The minimum Gasteiger partial charge on any atom is -0.330 e. The fourth-order valence-electron chi connectivity index (χ4n) is 2.02. The molecule has 1 saturated heterocycles. The standard InChI is InChI=1S/C12H13F3N2/c1-8-4-5-9(12(13,14)15)7-10(8)17-6-2-3-11(17)16/h4-5,7,16H,2-3,6H2,1H3. The molecule has 1 aliphatic rings. The van der Waals surface area contributed by atoms with E-state index >= 15 is 0 Å². The zero-order chi connectivity index (χ0) is 12.6. The molecular weight excluding hydrogens is 229 g/mol. The first-order valence-corrected chi connectivity index (χ1v) is 5.42. The highest BCUT2D eigenvalue weighted by Crippen LogP contribution is 2.34. The van der Waals surface area contributed by atoms with E-state index in [0.29, 0.717) is 24.5 Å². The van der Waals surface area contributed by atoms with Crippen LogP contribution in [0.4, 0.5) is 18.9 Å². The maximum atomic E-state index is 12.6. The van der Waals surface area contributed by atoms with E-state index in [1.807, 2.05) is 0 Å². The highest BCUT2D eigenvalue weighted by molar-refractivity contribution is 5.98. The van der Waals surface area contributed by atoms with Crippen LogP contribution in [0.25, 0.3) is 0 Å². The van der Waals surface area contributed by atoms with Crippen LogP contribution in [0.2, 0.25) is 0 Å². The summed E-state index contributed by atoms with van der Waals surface area (Å²) in [7, 11) is 0. The van der Waals surface area contributed by atoms with Gasteiger partial charge >= 0.3 is 6.18 Å². The van der Waals surface area contributed by atoms with Crippen molar-refractivity contribution in [1.82, 2.24) is 0 Å². The molecule has 2 rings (SSSR count). The zero-order valence-corrected chi connectivity index (χ0v) is 9.43. The van der Waals surface area contributed by atoms with E-state index in [9.17, 15) is 13.2 Å². The van der Waals surface area contributed by atoms with Gasteiger partial charge in [0.05, 0.1) is 5.56 Å². The van der Waals surface area contributed by atoms with Crippen LogP contribution >= 0.6 is 0 Å². The van der Waals surface area contributed by atoms with E-state index in [0.717, 1.165) is 24.1 Å². The summed E-state index contributed by atoms with van der Waals surface area (Å²) in [5.41, 5.74) is 0.616. The minimum atomic E-state index is -4.33. The lowest BCUT2D eigenvalue weighted by atomic mass is 10.1. The van der Waals surface area contributed by atoms with Crippen molar-refractivity contribution < 1.29 is 13.2 Å². The van der Waals surface area contributed by atoms with E-state index in [2.05, 4.69) is 0 Å². The number of rotatable bonds is 1. The normalized spacial score (nSPS) is 16.7. The van der Waals surface area contributed by atoms with E-state index in [4.69, 9.17) is 5.41 Å². The number of hydrogen-bond donors (Lipinski definition) is 1. The maximum Gasteiger partial charge on any atom is 0.416 e. The van der Waals surface area contributed by atoms with Gasteiger partial charge in [0.15, 0.2) is 0 Å². The van der Waals surface area contributed by atoms with Crippen molar-refractivity contribution in [3.05, 3.63) is 29.3 Å². The molecule has 0 saturated carbocycles. The average molecular weight is 242 g/mol. The lowest BCUT2D eigenvalue weighted by molar-refractivity contribution is -0.137. The third-order valence-electron chi connectivity index (χ3n) is 2.95. The molecule has 1 aliphatic heterocycles. The van der Waals surface area contributed by atoms with Gasteiger partial charge in [0, 0.05) is 18.7 Å². The Morgan fingerprint density at radius 3 is 2.53 bits per heavy atom. The van der Waals surface area contributed by atoms with Gasteiger partial charge < -0.3 is 4.90 Å². The molecule has 0 spiro atoms.